The summed E-state index contributed by atoms with van der Waals surface area (Å²) in [5, 5.41) is 2.19. The Hall–Kier alpha value is -2.72. The number of rotatable bonds is 1. The van der Waals surface area contributed by atoms with Crippen LogP contribution >= 0.6 is 0 Å². The highest BCUT2D eigenvalue weighted by atomic mass is 16.2. The number of piperazine rings is 1. The third-order valence-corrected chi connectivity index (χ3v) is 3.06. The van der Waals surface area contributed by atoms with Gasteiger partial charge >= 0.3 is 0 Å². The van der Waals surface area contributed by atoms with E-state index >= 15 is 0 Å². The smallest absolute Gasteiger partial charge is 0.256 e. The minimum atomic E-state index is -0.723. The second kappa shape index (κ2) is 6.15. The molecular weight excluding hydrogens is 272 g/mol. The first kappa shape index (κ1) is 14.7. The minimum Gasteiger partial charge on any atom is -0.320 e. The van der Waals surface area contributed by atoms with Crippen molar-refractivity contribution in [3.63, 3.8) is 0 Å². The Kier molecular flexibility index (Phi) is 4.30. The van der Waals surface area contributed by atoms with E-state index in [0.717, 1.165) is 0 Å². The zero-order valence-electron chi connectivity index (χ0n) is 11.4. The van der Waals surface area contributed by atoms with Crippen LogP contribution in [0.5, 0.6) is 0 Å². The van der Waals surface area contributed by atoms with Gasteiger partial charge in [0, 0.05) is 12.4 Å². The molecule has 108 valence electrons. The molecule has 1 aromatic rings. The third-order valence-electron chi connectivity index (χ3n) is 3.06. The lowest BCUT2D eigenvalue weighted by Crippen LogP contribution is -2.58. The van der Waals surface area contributed by atoms with E-state index in [0.29, 0.717) is 11.1 Å². The first-order valence-electron chi connectivity index (χ1n) is 6.32. The Bertz CT molecular complexity index is 660. The maximum absolute atomic E-state index is 12.6. The molecule has 1 fully saturated rings. The fraction of sp³-hybridized carbons (Fsp3) is 0.286. The van der Waals surface area contributed by atoms with E-state index in [1.165, 1.54) is 23.4 Å². The molecule has 0 bridgehead atoms. The zero-order valence-corrected chi connectivity index (χ0v) is 11.4. The van der Waals surface area contributed by atoms with Gasteiger partial charge in [0.25, 0.3) is 5.91 Å². The summed E-state index contributed by atoms with van der Waals surface area (Å²) < 4.78 is 0. The fourth-order valence-electron chi connectivity index (χ4n) is 1.94. The zero-order chi connectivity index (χ0) is 15.4. The quantitative estimate of drug-likeness (QED) is 0.502. The van der Waals surface area contributed by atoms with E-state index in [-0.39, 0.29) is 13.1 Å². The SMILES string of the molecule is CC1C(=O)NC(=O)CN1C(=O)c1ccncc1C#CCN. The summed E-state index contributed by atoms with van der Waals surface area (Å²) in [6, 6.07) is 0.783. The largest absolute Gasteiger partial charge is 0.320 e. The van der Waals surface area contributed by atoms with Crippen molar-refractivity contribution in [2.45, 2.75) is 13.0 Å². The van der Waals surface area contributed by atoms with Gasteiger partial charge in [-0.25, -0.2) is 0 Å². The normalized spacial score (nSPS) is 17.8. The van der Waals surface area contributed by atoms with Crippen LogP contribution in [0.25, 0.3) is 0 Å². The van der Waals surface area contributed by atoms with E-state index in [2.05, 4.69) is 22.1 Å². The van der Waals surface area contributed by atoms with E-state index in [9.17, 15) is 14.4 Å². The van der Waals surface area contributed by atoms with Crippen LogP contribution in [0.4, 0.5) is 0 Å². The molecule has 3 amide bonds. The summed E-state index contributed by atoms with van der Waals surface area (Å²) in [5.41, 5.74) is 6.02. The summed E-state index contributed by atoms with van der Waals surface area (Å²) >= 11 is 0. The van der Waals surface area contributed by atoms with Gasteiger partial charge in [0.2, 0.25) is 11.8 Å². The number of nitrogens with zero attached hydrogens (tertiary/aromatic N) is 2. The number of nitrogens with two attached hydrogens (primary N) is 1. The first-order chi connectivity index (χ1) is 10.0. The third kappa shape index (κ3) is 3.07. The van der Waals surface area contributed by atoms with Crippen molar-refractivity contribution in [2.75, 3.05) is 13.1 Å². The number of carbonyl (C=O) groups is 3. The predicted octanol–water partition coefficient (Wildman–Crippen LogP) is -1.12. The molecular formula is C14H14N4O3. The second-order valence-electron chi connectivity index (χ2n) is 4.45. The van der Waals surface area contributed by atoms with Crippen LogP contribution in [0, 0.1) is 11.8 Å². The van der Waals surface area contributed by atoms with Gasteiger partial charge in [-0.3, -0.25) is 24.7 Å². The number of aromatic nitrogens is 1. The molecule has 2 rings (SSSR count). The van der Waals surface area contributed by atoms with Gasteiger partial charge in [0.05, 0.1) is 17.7 Å². The molecule has 0 saturated carbocycles. The number of carbonyl (C=O) groups excluding carboxylic acids is 3. The Labute approximate surface area is 121 Å². The van der Waals surface area contributed by atoms with Gasteiger partial charge in [-0.05, 0) is 13.0 Å². The maximum atomic E-state index is 12.6. The predicted molar refractivity (Wildman–Crippen MR) is 73.8 cm³/mol. The molecule has 0 spiro atoms. The molecule has 0 aromatic carbocycles. The molecule has 1 unspecified atom stereocenters. The highest BCUT2D eigenvalue weighted by molar-refractivity contribution is 6.07. The van der Waals surface area contributed by atoms with Gasteiger partial charge in [0.15, 0.2) is 0 Å². The Morgan fingerprint density at radius 3 is 3.05 bits per heavy atom. The highest BCUT2D eigenvalue weighted by Crippen LogP contribution is 2.14. The second-order valence-corrected chi connectivity index (χ2v) is 4.45. The van der Waals surface area contributed by atoms with Crippen molar-refractivity contribution >= 4 is 17.7 Å². The molecule has 1 atom stereocenters. The van der Waals surface area contributed by atoms with Gasteiger partial charge in [-0.1, -0.05) is 11.8 Å². The summed E-state index contributed by atoms with van der Waals surface area (Å²) in [7, 11) is 0. The number of hydrogen-bond donors (Lipinski definition) is 2. The molecule has 0 aliphatic carbocycles. The average Bonchev–Trinajstić information content (AvgIpc) is 2.48. The molecule has 0 radical (unpaired) electrons. The molecule has 1 aromatic heterocycles. The molecule has 7 heteroatoms. The van der Waals surface area contributed by atoms with Gasteiger partial charge in [0.1, 0.15) is 12.6 Å². The van der Waals surface area contributed by atoms with Crippen molar-refractivity contribution in [2.24, 2.45) is 5.73 Å². The summed E-state index contributed by atoms with van der Waals surface area (Å²) in [4.78, 5) is 40.7. The van der Waals surface area contributed by atoms with Crippen molar-refractivity contribution in [3.8, 4) is 11.8 Å². The number of amides is 3. The van der Waals surface area contributed by atoms with Crippen LogP contribution in [0.3, 0.4) is 0 Å². The summed E-state index contributed by atoms with van der Waals surface area (Å²) in [5.74, 6) is 3.97. The van der Waals surface area contributed by atoms with Crippen LogP contribution in [-0.2, 0) is 9.59 Å². The Morgan fingerprint density at radius 1 is 1.57 bits per heavy atom. The number of pyridine rings is 1. The molecule has 21 heavy (non-hydrogen) atoms. The summed E-state index contributed by atoms with van der Waals surface area (Å²) in [6.07, 6.45) is 2.91. The van der Waals surface area contributed by atoms with Gasteiger partial charge < -0.3 is 10.6 Å². The standard InChI is InChI=1S/C14H14N4O3/c1-9-13(20)17-12(19)8-18(9)14(21)11-4-6-16-7-10(11)3-2-5-15/h4,6-7,9H,5,8,15H2,1H3,(H,17,19,20). The first-order valence-corrected chi connectivity index (χ1v) is 6.32. The van der Waals surface area contributed by atoms with Crippen LogP contribution in [0.2, 0.25) is 0 Å². The lowest BCUT2D eigenvalue weighted by atomic mass is 10.1. The topological polar surface area (TPSA) is 105 Å². The lowest BCUT2D eigenvalue weighted by molar-refractivity contribution is -0.138. The molecule has 1 saturated heterocycles. The Balaban J connectivity index is 2.35. The van der Waals surface area contributed by atoms with E-state index in [1.54, 1.807) is 6.92 Å². The fourth-order valence-corrected chi connectivity index (χ4v) is 1.94. The van der Waals surface area contributed by atoms with Gasteiger partial charge in [-0.15, -0.1) is 0 Å². The van der Waals surface area contributed by atoms with Crippen LogP contribution in [0.1, 0.15) is 22.8 Å². The van der Waals surface area contributed by atoms with Crippen LogP contribution in [0.15, 0.2) is 18.5 Å². The monoisotopic (exact) mass is 286 g/mol. The summed E-state index contributed by atoms with van der Waals surface area (Å²) in [6.45, 7) is 1.55. The van der Waals surface area contributed by atoms with E-state index in [4.69, 9.17) is 5.73 Å². The molecule has 7 nitrogen and oxygen atoms in total. The van der Waals surface area contributed by atoms with E-state index < -0.39 is 23.8 Å². The molecule has 1 aliphatic rings. The van der Waals surface area contributed by atoms with Crippen molar-refractivity contribution < 1.29 is 14.4 Å². The maximum Gasteiger partial charge on any atom is 0.256 e. The minimum absolute atomic E-state index is 0.156. The molecule has 1 aliphatic heterocycles. The van der Waals surface area contributed by atoms with Crippen molar-refractivity contribution in [3.05, 3.63) is 29.6 Å². The number of imide groups is 1. The Morgan fingerprint density at radius 2 is 2.33 bits per heavy atom. The van der Waals surface area contributed by atoms with E-state index in [1.807, 2.05) is 0 Å². The van der Waals surface area contributed by atoms with Crippen LogP contribution < -0.4 is 11.1 Å². The van der Waals surface area contributed by atoms with Crippen LogP contribution in [-0.4, -0.2) is 46.7 Å². The number of hydrogen-bond acceptors (Lipinski definition) is 5. The highest BCUT2D eigenvalue weighted by Gasteiger charge is 2.34. The molecule has 3 N–H and O–H groups in total. The lowest BCUT2D eigenvalue weighted by Gasteiger charge is -2.31. The number of nitrogens with one attached hydrogen (secondary N) is 1. The van der Waals surface area contributed by atoms with Crippen molar-refractivity contribution in [1.29, 1.82) is 0 Å². The average molecular weight is 286 g/mol. The van der Waals surface area contributed by atoms with Crippen molar-refractivity contribution in [1.82, 2.24) is 15.2 Å². The molecule has 2 heterocycles. The van der Waals surface area contributed by atoms with Gasteiger partial charge in [-0.2, -0.15) is 0 Å².